The Hall–Kier alpha value is -2.66. The van der Waals surface area contributed by atoms with E-state index in [0.29, 0.717) is 25.1 Å². The molecule has 136 valence electrons. The lowest BCUT2D eigenvalue weighted by molar-refractivity contribution is -0.142. The average Bonchev–Trinajstić information content (AvgIpc) is 2.65. The van der Waals surface area contributed by atoms with Crippen molar-refractivity contribution in [3.63, 3.8) is 0 Å². The van der Waals surface area contributed by atoms with Crippen LogP contribution in [0.3, 0.4) is 0 Å². The number of carboxylic acid groups (broad SMARTS) is 1. The zero-order chi connectivity index (χ0) is 18.7. The molecule has 1 amide bonds. The number of amides is 1. The highest BCUT2D eigenvalue weighted by Gasteiger charge is 2.34. The second-order valence-electron chi connectivity index (χ2n) is 6.82. The molecule has 2 aromatic rings. The quantitative estimate of drug-likeness (QED) is 0.896. The summed E-state index contributed by atoms with van der Waals surface area (Å²) in [6, 6.07) is 14.0. The lowest BCUT2D eigenvalue weighted by atomic mass is 9.93. The van der Waals surface area contributed by atoms with Gasteiger partial charge in [0.1, 0.15) is 6.04 Å². The van der Waals surface area contributed by atoms with Gasteiger partial charge in [0, 0.05) is 18.5 Å². The van der Waals surface area contributed by atoms with Crippen LogP contribution >= 0.6 is 0 Å². The molecule has 0 radical (unpaired) electrons. The van der Waals surface area contributed by atoms with E-state index in [0.717, 1.165) is 16.7 Å². The van der Waals surface area contributed by atoms with E-state index in [1.165, 1.54) is 4.90 Å². The topological polar surface area (TPSA) is 66.8 Å². The van der Waals surface area contributed by atoms with Crippen molar-refractivity contribution in [2.75, 3.05) is 0 Å². The van der Waals surface area contributed by atoms with Crippen molar-refractivity contribution in [1.29, 1.82) is 0 Å². The zero-order valence-corrected chi connectivity index (χ0v) is 15.0. The lowest BCUT2D eigenvalue weighted by Gasteiger charge is -2.34. The fourth-order valence-electron chi connectivity index (χ4n) is 3.13. The summed E-state index contributed by atoms with van der Waals surface area (Å²) in [4.78, 5) is 26.1. The molecule has 0 aromatic heterocycles. The number of carbonyl (C=O) groups excluding carboxylic acids is 1. The lowest BCUT2D eigenvalue weighted by Crippen LogP contribution is -2.48. The molecule has 1 aliphatic heterocycles. The molecule has 0 saturated heterocycles. The summed E-state index contributed by atoms with van der Waals surface area (Å²) in [7, 11) is 0. The van der Waals surface area contributed by atoms with E-state index in [9.17, 15) is 14.7 Å². The Morgan fingerprint density at radius 1 is 1.12 bits per heavy atom. The van der Waals surface area contributed by atoms with Crippen LogP contribution in [-0.2, 0) is 29.1 Å². The number of benzene rings is 2. The van der Waals surface area contributed by atoms with Crippen LogP contribution in [0.2, 0.25) is 0 Å². The summed E-state index contributed by atoms with van der Waals surface area (Å²) in [5, 5.41) is 9.59. The zero-order valence-electron chi connectivity index (χ0n) is 15.0. The predicted molar refractivity (Wildman–Crippen MR) is 97.8 cm³/mol. The van der Waals surface area contributed by atoms with Gasteiger partial charge in [0.15, 0.2) is 0 Å². The second kappa shape index (κ2) is 7.70. The number of rotatable bonds is 5. The van der Waals surface area contributed by atoms with Gasteiger partial charge in [0.2, 0.25) is 0 Å². The van der Waals surface area contributed by atoms with E-state index in [4.69, 9.17) is 4.74 Å². The number of aliphatic carboxylic acids is 1. The Morgan fingerprint density at radius 2 is 1.77 bits per heavy atom. The highest BCUT2D eigenvalue weighted by Crippen LogP contribution is 2.25. The third kappa shape index (κ3) is 3.94. The van der Waals surface area contributed by atoms with Crippen molar-refractivity contribution in [3.8, 4) is 0 Å². The third-order valence-corrected chi connectivity index (χ3v) is 4.58. The smallest absolute Gasteiger partial charge is 0.326 e. The van der Waals surface area contributed by atoms with Gasteiger partial charge in [-0.1, -0.05) is 36.4 Å². The van der Waals surface area contributed by atoms with Crippen molar-refractivity contribution in [2.24, 2.45) is 0 Å². The highest BCUT2D eigenvalue weighted by atomic mass is 16.5. The molecule has 1 N–H and O–H groups in total. The number of carbonyl (C=O) groups is 2. The average molecular weight is 353 g/mol. The maximum Gasteiger partial charge on any atom is 0.326 e. The summed E-state index contributed by atoms with van der Waals surface area (Å²) in [6.07, 6.45) is 0.471. The third-order valence-electron chi connectivity index (χ3n) is 4.58. The largest absolute Gasteiger partial charge is 0.480 e. The first kappa shape index (κ1) is 18.1. The van der Waals surface area contributed by atoms with E-state index >= 15 is 0 Å². The molecular formula is C21H23NO4. The molecule has 1 aliphatic rings. The van der Waals surface area contributed by atoms with Gasteiger partial charge < -0.3 is 14.7 Å². The summed E-state index contributed by atoms with van der Waals surface area (Å²) in [6.45, 7) is 4.74. The Morgan fingerprint density at radius 3 is 2.38 bits per heavy atom. The Kier molecular flexibility index (Phi) is 5.38. The van der Waals surface area contributed by atoms with Gasteiger partial charge in [0.05, 0.1) is 12.7 Å². The van der Waals surface area contributed by atoms with Crippen LogP contribution in [0.1, 0.15) is 40.9 Å². The van der Waals surface area contributed by atoms with Crippen LogP contribution in [0.25, 0.3) is 0 Å². The van der Waals surface area contributed by atoms with Crippen LogP contribution in [0.15, 0.2) is 48.5 Å². The van der Waals surface area contributed by atoms with Gasteiger partial charge >= 0.3 is 5.97 Å². The number of ether oxygens (including phenoxy) is 1. The maximum absolute atomic E-state index is 12.9. The first-order chi connectivity index (χ1) is 12.5. The van der Waals surface area contributed by atoms with Crippen LogP contribution in [-0.4, -0.2) is 34.0 Å². The Balaban J connectivity index is 1.80. The van der Waals surface area contributed by atoms with Gasteiger partial charge in [-0.15, -0.1) is 0 Å². The summed E-state index contributed by atoms with van der Waals surface area (Å²) in [5.74, 6) is -1.24. The van der Waals surface area contributed by atoms with Gasteiger partial charge in [0.25, 0.3) is 5.91 Å². The molecule has 0 fully saturated rings. The van der Waals surface area contributed by atoms with E-state index in [2.05, 4.69) is 0 Å². The summed E-state index contributed by atoms with van der Waals surface area (Å²) >= 11 is 0. The predicted octanol–water partition coefficient (Wildman–Crippen LogP) is 3.26. The van der Waals surface area contributed by atoms with Gasteiger partial charge in [-0.25, -0.2) is 4.79 Å². The molecular weight excluding hydrogens is 330 g/mol. The Bertz CT molecular complexity index is 798. The molecule has 0 saturated carbocycles. The molecule has 1 unspecified atom stereocenters. The van der Waals surface area contributed by atoms with Crippen LogP contribution < -0.4 is 0 Å². The number of hydrogen-bond donors (Lipinski definition) is 1. The Labute approximate surface area is 153 Å². The molecule has 2 aromatic carbocycles. The minimum absolute atomic E-state index is 0.140. The molecule has 26 heavy (non-hydrogen) atoms. The van der Waals surface area contributed by atoms with Crippen molar-refractivity contribution in [1.82, 2.24) is 4.90 Å². The standard InChI is InChI=1S/C21H23NO4/c1-14(2)26-13-15-7-9-16(10-8-15)20(23)22-12-18-6-4-3-5-17(18)11-19(22)21(24)25/h3-10,14,19H,11-13H2,1-2H3,(H,24,25). The number of nitrogens with zero attached hydrogens (tertiary/aromatic N) is 1. The first-order valence-electron chi connectivity index (χ1n) is 8.77. The van der Waals surface area contributed by atoms with E-state index in [1.54, 1.807) is 12.1 Å². The molecule has 5 nitrogen and oxygen atoms in total. The van der Waals surface area contributed by atoms with E-state index < -0.39 is 12.0 Å². The van der Waals surface area contributed by atoms with Crippen molar-refractivity contribution in [2.45, 2.75) is 45.6 Å². The van der Waals surface area contributed by atoms with Gasteiger partial charge in [-0.3, -0.25) is 4.79 Å². The molecule has 0 bridgehead atoms. The van der Waals surface area contributed by atoms with Crippen LogP contribution in [0.4, 0.5) is 0 Å². The van der Waals surface area contributed by atoms with Crippen LogP contribution in [0.5, 0.6) is 0 Å². The SMILES string of the molecule is CC(C)OCc1ccc(C(=O)N2Cc3ccccc3CC2C(=O)O)cc1. The van der Waals surface area contributed by atoms with Crippen molar-refractivity contribution >= 4 is 11.9 Å². The minimum Gasteiger partial charge on any atom is -0.480 e. The minimum atomic E-state index is -0.977. The molecule has 1 atom stereocenters. The summed E-state index contributed by atoms with van der Waals surface area (Å²) in [5.41, 5.74) is 3.46. The summed E-state index contributed by atoms with van der Waals surface area (Å²) < 4.78 is 5.56. The van der Waals surface area contributed by atoms with E-state index in [1.807, 2.05) is 50.2 Å². The number of fused-ring (bicyclic) bond motifs is 1. The van der Waals surface area contributed by atoms with Crippen LogP contribution in [0, 0.1) is 0 Å². The highest BCUT2D eigenvalue weighted by molar-refractivity contribution is 5.97. The normalized spacial score (nSPS) is 16.4. The molecule has 0 spiro atoms. The number of carboxylic acids is 1. The number of hydrogen-bond acceptors (Lipinski definition) is 3. The fourth-order valence-corrected chi connectivity index (χ4v) is 3.13. The molecule has 5 heteroatoms. The fraction of sp³-hybridized carbons (Fsp3) is 0.333. The van der Waals surface area contributed by atoms with Gasteiger partial charge in [-0.05, 0) is 42.7 Å². The van der Waals surface area contributed by atoms with Gasteiger partial charge in [-0.2, -0.15) is 0 Å². The first-order valence-corrected chi connectivity index (χ1v) is 8.77. The molecule has 1 heterocycles. The monoisotopic (exact) mass is 353 g/mol. The van der Waals surface area contributed by atoms with E-state index in [-0.39, 0.29) is 12.0 Å². The van der Waals surface area contributed by atoms with Crippen molar-refractivity contribution in [3.05, 3.63) is 70.8 Å². The second-order valence-corrected chi connectivity index (χ2v) is 6.82. The van der Waals surface area contributed by atoms with Crippen molar-refractivity contribution < 1.29 is 19.4 Å². The maximum atomic E-state index is 12.9. The molecule has 3 rings (SSSR count). The molecule has 0 aliphatic carbocycles.